The summed E-state index contributed by atoms with van der Waals surface area (Å²) in [6.07, 6.45) is 0.897. The summed E-state index contributed by atoms with van der Waals surface area (Å²) in [5, 5.41) is 0. The van der Waals surface area contributed by atoms with Crippen molar-refractivity contribution in [2.24, 2.45) is 16.9 Å². The van der Waals surface area contributed by atoms with E-state index in [-0.39, 0.29) is 17.4 Å². The predicted molar refractivity (Wildman–Crippen MR) is 66.1 cm³/mol. The van der Waals surface area contributed by atoms with E-state index in [1.165, 1.54) is 11.9 Å². The largest absolute Gasteiger partial charge is 0.392 e. The summed E-state index contributed by atoms with van der Waals surface area (Å²) >= 11 is 5.00. The molecule has 0 aromatic carbocycles. The molecule has 0 saturated carbocycles. The maximum Gasteiger partial charge on any atom is 0.237 e. The van der Waals surface area contributed by atoms with Crippen molar-refractivity contribution in [3.8, 4) is 0 Å². The lowest BCUT2D eigenvalue weighted by Gasteiger charge is -2.37. The normalized spacial score (nSPS) is 18.4. The Kier molecular flexibility index (Phi) is 4.41. The molecule has 0 aromatic heterocycles. The number of ether oxygens (including phenoxy) is 1. The van der Waals surface area contributed by atoms with Gasteiger partial charge in [0, 0.05) is 20.3 Å². The van der Waals surface area contributed by atoms with Crippen molar-refractivity contribution >= 4 is 29.0 Å². The minimum absolute atomic E-state index is 0.135. The average molecular weight is 259 g/mol. The zero-order valence-electron chi connectivity index (χ0n) is 9.77. The molecule has 17 heavy (non-hydrogen) atoms. The fourth-order valence-corrected chi connectivity index (χ4v) is 2.25. The minimum atomic E-state index is -0.891. The van der Waals surface area contributed by atoms with E-state index in [9.17, 15) is 9.59 Å². The Morgan fingerprint density at radius 1 is 1.35 bits per heavy atom. The first-order valence-electron chi connectivity index (χ1n) is 5.31. The SMILES string of the molecule is CN(CC(N)=O)C(=O)C1(C(N)=S)CCOCC1. The van der Waals surface area contributed by atoms with E-state index in [2.05, 4.69) is 0 Å². The van der Waals surface area contributed by atoms with Crippen LogP contribution in [0, 0.1) is 5.41 Å². The monoisotopic (exact) mass is 259 g/mol. The molecule has 0 atom stereocenters. The highest BCUT2D eigenvalue weighted by atomic mass is 32.1. The number of carbonyl (C=O) groups is 2. The lowest BCUT2D eigenvalue weighted by molar-refractivity contribution is -0.143. The van der Waals surface area contributed by atoms with Crippen molar-refractivity contribution in [2.75, 3.05) is 26.8 Å². The lowest BCUT2D eigenvalue weighted by atomic mass is 9.78. The van der Waals surface area contributed by atoms with Gasteiger partial charge in [-0.3, -0.25) is 9.59 Å². The molecule has 96 valence electrons. The van der Waals surface area contributed by atoms with Gasteiger partial charge in [-0.15, -0.1) is 0 Å². The molecule has 1 heterocycles. The molecule has 6 nitrogen and oxygen atoms in total. The van der Waals surface area contributed by atoms with Gasteiger partial charge in [-0.1, -0.05) is 12.2 Å². The number of nitrogens with zero attached hydrogens (tertiary/aromatic N) is 1. The lowest BCUT2D eigenvalue weighted by Crippen LogP contribution is -2.53. The van der Waals surface area contributed by atoms with Crippen LogP contribution in [-0.2, 0) is 14.3 Å². The third-order valence-corrected chi connectivity index (χ3v) is 3.36. The van der Waals surface area contributed by atoms with E-state index in [1.54, 1.807) is 0 Å². The fraction of sp³-hybridized carbons (Fsp3) is 0.700. The number of thiocarbonyl (C=S) groups is 1. The molecule has 1 aliphatic heterocycles. The van der Waals surface area contributed by atoms with Gasteiger partial charge in [0.25, 0.3) is 0 Å². The Bertz CT molecular complexity index is 340. The van der Waals surface area contributed by atoms with E-state index in [0.717, 1.165) is 0 Å². The van der Waals surface area contributed by atoms with Gasteiger partial charge >= 0.3 is 0 Å². The van der Waals surface area contributed by atoms with E-state index < -0.39 is 11.3 Å². The van der Waals surface area contributed by atoms with Crippen LogP contribution in [0.3, 0.4) is 0 Å². The van der Waals surface area contributed by atoms with Crippen LogP contribution < -0.4 is 11.5 Å². The Hall–Kier alpha value is -1.21. The summed E-state index contributed by atoms with van der Waals surface area (Å²) in [4.78, 5) is 24.5. The molecular formula is C10H17N3O3S. The van der Waals surface area contributed by atoms with E-state index in [4.69, 9.17) is 28.4 Å². The summed E-state index contributed by atoms with van der Waals surface area (Å²) in [6.45, 7) is 0.741. The van der Waals surface area contributed by atoms with Crippen molar-refractivity contribution in [1.82, 2.24) is 4.90 Å². The highest BCUT2D eigenvalue weighted by Gasteiger charge is 2.44. The van der Waals surface area contributed by atoms with Gasteiger partial charge in [0.05, 0.1) is 11.5 Å². The second kappa shape index (κ2) is 5.42. The number of hydrogen-bond donors (Lipinski definition) is 2. The van der Waals surface area contributed by atoms with Crippen LogP contribution in [0.5, 0.6) is 0 Å². The molecule has 4 N–H and O–H groups in total. The minimum Gasteiger partial charge on any atom is -0.392 e. The number of likely N-dealkylation sites (N-methyl/N-ethyl adjacent to an activating group) is 1. The topological polar surface area (TPSA) is 98.7 Å². The van der Waals surface area contributed by atoms with E-state index in [1.807, 2.05) is 0 Å². The first kappa shape index (κ1) is 13.9. The molecule has 1 rings (SSSR count). The predicted octanol–water partition coefficient (Wildman–Crippen LogP) is -0.987. The third-order valence-electron chi connectivity index (χ3n) is 2.97. The molecule has 0 unspecified atom stereocenters. The third kappa shape index (κ3) is 2.92. The number of hydrogen-bond acceptors (Lipinski definition) is 4. The van der Waals surface area contributed by atoms with Crippen LogP contribution in [0.25, 0.3) is 0 Å². The van der Waals surface area contributed by atoms with Crippen LogP contribution >= 0.6 is 12.2 Å². The first-order valence-corrected chi connectivity index (χ1v) is 5.72. The summed E-state index contributed by atoms with van der Waals surface area (Å²) in [7, 11) is 1.52. The van der Waals surface area contributed by atoms with E-state index >= 15 is 0 Å². The smallest absolute Gasteiger partial charge is 0.237 e. The molecule has 0 radical (unpaired) electrons. The van der Waals surface area contributed by atoms with Crippen molar-refractivity contribution < 1.29 is 14.3 Å². The number of primary amides is 1. The molecule has 7 heteroatoms. The summed E-state index contributed by atoms with van der Waals surface area (Å²) < 4.78 is 5.21. The maximum atomic E-state index is 12.3. The van der Waals surface area contributed by atoms with Crippen LogP contribution in [0.2, 0.25) is 0 Å². The summed E-state index contributed by atoms with van der Waals surface area (Å²) in [5.41, 5.74) is 9.85. The van der Waals surface area contributed by atoms with Crippen molar-refractivity contribution in [2.45, 2.75) is 12.8 Å². The molecule has 0 bridgehead atoms. The van der Waals surface area contributed by atoms with Gasteiger partial charge in [0.2, 0.25) is 11.8 Å². The molecular weight excluding hydrogens is 242 g/mol. The van der Waals surface area contributed by atoms with Crippen molar-refractivity contribution in [1.29, 1.82) is 0 Å². The van der Waals surface area contributed by atoms with Crippen LogP contribution in [-0.4, -0.2) is 48.5 Å². The number of carbonyl (C=O) groups excluding carboxylic acids is 2. The maximum absolute atomic E-state index is 12.3. The van der Waals surface area contributed by atoms with Crippen molar-refractivity contribution in [3.63, 3.8) is 0 Å². The molecule has 2 amide bonds. The molecule has 0 spiro atoms. The number of amides is 2. The number of nitrogens with two attached hydrogens (primary N) is 2. The van der Waals surface area contributed by atoms with Crippen LogP contribution in [0.4, 0.5) is 0 Å². The molecule has 1 aliphatic rings. The molecule has 0 aromatic rings. The molecule has 0 aliphatic carbocycles. The summed E-state index contributed by atoms with van der Waals surface area (Å²) in [5.74, 6) is -0.821. The number of rotatable bonds is 4. The van der Waals surface area contributed by atoms with E-state index in [0.29, 0.717) is 26.1 Å². The Morgan fingerprint density at radius 2 is 1.88 bits per heavy atom. The van der Waals surface area contributed by atoms with Gasteiger partial charge in [-0.2, -0.15) is 0 Å². The van der Waals surface area contributed by atoms with Crippen LogP contribution in [0.1, 0.15) is 12.8 Å². The fourth-order valence-electron chi connectivity index (χ4n) is 1.96. The van der Waals surface area contributed by atoms with Gasteiger partial charge in [0.15, 0.2) is 0 Å². The highest BCUT2D eigenvalue weighted by Crippen LogP contribution is 2.32. The van der Waals surface area contributed by atoms with Crippen molar-refractivity contribution in [3.05, 3.63) is 0 Å². The highest BCUT2D eigenvalue weighted by molar-refractivity contribution is 7.80. The average Bonchev–Trinajstić information content (AvgIpc) is 2.27. The van der Waals surface area contributed by atoms with Gasteiger partial charge in [0.1, 0.15) is 5.41 Å². The Labute approximate surface area is 105 Å². The summed E-state index contributed by atoms with van der Waals surface area (Å²) in [6, 6.07) is 0. The van der Waals surface area contributed by atoms with Crippen LogP contribution in [0.15, 0.2) is 0 Å². The second-order valence-corrected chi connectivity index (χ2v) is 4.63. The standard InChI is InChI=1S/C10H17N3O3S/c1-13(6-7(11)14)9(15)10(8(12)17)2-4-16-5-3-10/h2-6H2,1H3,(H2,11,14)(H2,12,17). The quantitative estimate of drug-likeness (QED) is 0.632. The van der Waals surface area contributed by atoms with Gasteiger partial charge < -0.3 is 21.1 Å². The zero-order chi connectivity index (χ0) is 13.1. The molecule has 1 fully saturated rings. The zero-order valence-corrected chi connectivity index (χ0v) is 10.6. The Balaban J connectivity index is 2.87. The second-order valence-electron chi connectivity index (χ2n) is 4.19. The first-order chi connectivity index (χ1) is 7.90. The van der Waals surface area contributed by atoms with Gasteiger partial charge in [-0.25, -0.2) is 0 Å². The molecule has 1 saturated heterocycles. The van der Waals surface area contributed by atoms with Gasteiger partial charge in [-0.05, 0) is 12.8 Å². The Morgan fingerprint density at radius 3 is 2.29 bits per heavy atom.